The summed E-state index contributed by atoms with van der Waals surface area (Å²) in [5.41, 5.74) is 4.61. The molecular formula is C61H60O12S. The molecule has 0 radical (unpaired) electrons. The van der Waals surface area contributed by atoms with Gasteiger partial charge in [0.25, 0.3) is 0 Å². The molecule has 0 unspecified atom stereocenters. The van der Waals surface area contributed by atoms with E-state index in [9.17, 15) is 14.7 Å². The third kappa shape index (κ3) is 14.4. The van der Waals surface area contributed by atoms with Gasteiger partial charge in [-0.1, -0.05) is 187 Å². The average Bonchev–Trinajstić information content (AvgIpc) is 3.45. The van der Waals surface area contributed by atoms with Crippen molar-refractivity contribution in [3.63, 3.8) is 0 Å². The molecule has 7 aromatic rings. The van der Waals surface area contributed by atoms with E-state index in [1.54, 1.807) is 60.7 Å². The summed E-state index contributed by atoms with van der Waals surface area (Å²) in [4.78, 5) is 28.6. The second kappa shape index (κ2) is 26.6. The van der Waals surface area contributed by atoms with Crippen molar-refractivity contribution in [1.82, 2.24) is 0 Å². The highest BCUT2D eigenvalue weighted by atomic mass is 32.2. The van der Waals surface area contributed by atoms with Gasteiger partial charge < -0.3 is 47.7 Å². The molecule has 10 atom stereocenters. The number of benzene rings is 7. The molecule has 12 nitrogen and oxygen atoms in total. The fourth-order valence-corrected chi connectivity index (χ4v) is 9.86. The van der Waals surface area contributed by atoms with E-state index in [4.69, 9.17) is 42.6 Å². The normalized spacial score (nSPS) is 23.6. The molecule has 9 rings (SSSR count). The zero-order valence-electron chi connectivity index (χ0n) is 41.0. The predicted molar refractivity (Wildman–Crippen MR) is 279 cm³/mol. The van der Waals surface area contributed by atoms with Gasteiger partial charge in [0.2, 0.25) is 0 Å². The Balaban J connectivity index is 1.05. The van der Waals surface area contributed by atoms with Gasteiger partial charge in [-0.15, -0.1) is 0 Å². The quantitative estimate of drug-likeness (QED) is 0.0646. The number of carbonyl (C=O) groups is 2. The Morgan fingerprint density at radius 3 is 1.38 bits per heavy atom. The van der Waals surface area contributed by atoms with E-state index in [1.165, 1.54) is 11.8 Å². The number of thioether (sulfide) groups is 1. The summed E-state index contributed by atoms with van der Waals surface area (Å²) >= 11 is 1.47. The van der Waals surface area contributed by atoms with Crippen LogP contribution in [0, 0.1) is 6.92 Å². The number of ether oxygens (including phenoxy) is 9. The SMILES string of the molecule is Cc1ccc(S[C@@H]2O[C@H](CO[C@@H]3O[C@H](COC(=O)c4ccccc4)[C@H](OC(=O)c4ccccc4)[C@H](OCc4ccccc4)[C@H]3OCc3ccccc3)[C@H](O)[C@H](OCc3ccccc3)[C@H]2OCc2ccccc2)cc1. The Bertz CT molecular complexity index is 2760. The van der Waals surface area contributed by atoms with Gasteiger partial charge in [0, 0.05) is 4.90 Å². The number of aryl methyl sites for hydroxylation is 1. The molecule has 0 amide bonds. The Morgan fingerprint density at radius 2 is 0.878 bits per heavy atom. The fourth-order valence-electron chi connectivity index (χ4n) is 8.73. The molecule has 0 aliphatic carbocycles. The molecule has 2 heterocycles. The van der Waals surface area contributed by atoms with E-state index >= 15 is 0 Å². The molecule has 74 heavy (non-hydrogen) atoms. The van der Waals surface area contributed by atoms with E-state index in [2.05, 4.69) is 0 Å². The van der Waals surface area contributed by atoms with Crippen molar-refractivity contribution in [2.75, 3.05) is 13.2 Å². The smallest absolute Gasteiger partial charge is 0.338 e. The molecule has 7 aromatic carbocycles. The van der Waals surface area contributed by atoms with Crippen molar-refractivity contribution in [2.45, 2.75) is 98.8 Å². The number of carbonyl (C=O) groups excluding carboxylic acids is 2. The summed E-state index contributed by atoms with van der Waals surface area (Å²) in [5, 5.41) is 12.5. The van der Waals surface area contributed by atoms with Crippen LogP contribution in [0.4, 0.5) is 0 Å². The van der Waals surface area contributed by atoms with E-state index in [0.29, 0.717) is 11.1 Å². The maximum absolute atomic E-state index is 14.1. The molecule has 2 aliphatic rings. The molecule has 0 aromatic heterocycles. The van der Waals surface area contributed by atoms with Gasteiger partial charge in [0.1, 0.15) is 54.8 Å². The summed E-state index contributed by atoms with van der Waals surface area (Å²) < 4.78 is 59.9. The Kier molecular flexibility index (Phi) is 18.9. The van der Waals surface area contributed by atoms with Gasteiger partial charge in [-0.05, 0) is 65.6 Å². The Hall–Kier alpha value is -6.49. The van der Waals surface area contributed by atoms with Crippen LogP contribution in [-0.4, -0.2) is 90.8 Å². The maximum Gasteiger partial charge on any atom is 0.338 e. The maximum atomic E-state index is 14.1. The van der Waals surface area contributed by atoms with Crippen molar-refractivity contribution < 1.29 is 57.3 Å². The van der Waals surface area contributed by atoms with E-state index in [-0.39, 0.29) is 39.6 Å². The molecule has 2 aliphatic heterocycles. The molecular weight excluding hydrogens is 957 g/mol. The molecule has 0 saturated carbocycles. The summed E-state index contributed by atoms with van der Waals surface area (Å²) in [6.45, 7) is 2.07. The number of rotatable bonds is 22. The lowest BCUT2D eigenvalue weighted by Crippen LogP contribution is -2.63. The minimum absolute atomic E-state index is 0.0898. The second-order valence-corrected chi connectivity index (χ2v) is 19.3. The van der Waals surface area contributed by atoms with Crippen LogP contribution in [0.3, 0.4) is 0 Å². The van der Waals surface area contributed by atoms with Crippen molar-refractivity contribution in [2.24, 2.45) is 0 Å². The lowest BCUT2D eigenvalue weighted by molar-refractivity contribution is -0.328. The van der Waals surface area contributed by atoms with E-state index < -0.39 is 72.5 Å². The van der Waals surface area contributed by atoms with Crippen LogP contribution in [-0.2, 0) is 69.1 Å². The zero-order chi connectivity index (χ0) is 50.9. The minimum Gasteiger partial charge on any atom is -0.459 e. The topological polar surface area (TPSA) is 137 Å². The lowest BCUT2D eigenvalue weighted by atomic mass is 9.97. The fraction of sp³-hybridized carbons (Fsp3) is 0.279. The number of aliphatic hydroxyl groups excluding tert-OH is 1. The highest BCUT2D eigenvalue weighted by Gasteiger charge is 2.53. The number of aliphatic hydroxyl groups is 1. The molecule has 0 bridgehead atoms. The molecule has 1 N–H and O–H groups in total. The first-order chi connectivity index (χ1) is 36.3. The van der Waals surface area contributed by atoms with Crippen LogP contribution in [0.2, 0.25) is 0 Å². The molecule has 13 heteroatoms. The van der Waals surface area contributed by atoms with Crippen LogP contribution in [0.1, 0.15) is 48.5 Å². The van der Waals surface area contributed by atoms with Crippen molar-refractivity contribution in [1.29, 1.82) is 0 Å². The first-order valence-corrected chi connectivity index (χ1v) is 25.7. The molecule has 382 valence electrons. The van der Waals surface area contributed by atoms with Gasteiger partial charge in [0.15, 0.2) is 12.4 Å². The summed E-state index contributed by atoms with van der Waals surface area (Å²) in [6, 6.07) is 64.1. The van der Waals surface area contributed by atoms with Crippen LogP contribution >= 0.6 is 11.8 Å². The largest absolute Gasteiger partial charge is 0.459 e. The molecule has 0 spiro atoms. The summed E-state index contributed by atoms with van der Waals surface area (Å²) in [7, 11) is 0. The third-order valence-corrected chi connectivity index (χ3v) is 13.8. The number of hydrogen-bond acceptors (Lipinski definition) is 13. The number of esters is 2. The average molecular weight is 1020 g/mol. The predicted octanol–water partition coefficient (Wildman–Crippen LogP) is 10.3. The molecule has 2 saturated heterocycles. The highest BCUT2D eigenvalue weighted by molar-refractivity contribution is 7.99. The Labute approximate surface area is 436 Å². The second-order valence-electron chi connectivity index (χ2n) is 18.1. The summed E-state index contributed by atoms with van der Waals surface area (Å²) in [6.07, 6.45) is -9.64. The standard InChI is InChI=1S/C61H60O12S/c1-42-32-34-49(35-33-42)74-61-57(68-39-46-26-14-5-15-27-46)54(65-36-43-20-8-2-9-21-43)52(62)50(72-61)40-70-60-56(67-38-45-24-12-4-13-25-45)55(66-37-44-22-10-3-11-23-44)53(73-59(64)48-30-18-7-19-31-48)51(71-60)41-69-58(63)47-28-16-6-17-29-47/h2-35,50-57,60-62H,36-41H2,1H3/t50-,51-,52+,53+,54+,55+,56-,57-,60-,61+/m1/s1. The molecule has 2 fully saturated rings. The third-order valence-electron chi connectivity index (χ3n) is 12.7. The first kappa shape index (κ1) is 52.4. The van der Waals surface area contributed by atoms with Crippen molar-refractivity contribution in [3.05, 3.63) is 245 Å². The minimum atomic E-state index is -1.27. The monoisotopic (exact) mass is 1020 g/mol. The van der Waals surface area contributed by atoms with Gasteiger partial charge >= 0.3 is 11.9 Å². The summed E-state index contributed by atoms with van der Waals surface area (Å²) in [5.74, 6) is -1.25. The van der Waals surface area contributed by atoms with Crippen molar-refractivity contribution in [3.8, 4) is 0 Å². The lowest BCUT2D eigenvalue weighted by Gasteiger charge is -2.47. The van der Waals surface area contributed by atoms with Gasteiger partial charge in [-0.3, -0.25) is 0 Å². The highest BCUT2D eigenvalue weighted by Crippen LogP contribution is 2.38. The van der Waals surface area contributed by atoms with E-state index in [0.717, 1.165) is 32.7 Å². The zero-order valence-corrected chi connectivity index (χ0v) is 41.8. The van der Waals surface area contributed by atoms with Crippen LogP contribution in [0.5, 0.6) is 0 Å². The van der Waals surface area contributed by atoms with Crippen molar-refractivity contribution >= 4 is 23.7 Å². The van der Waals surface area contributed by atoms with Gasteiger partial charge in [0.05, 0.1) is 44.2 Å². The van der Waals surface area contributed by atoms with Crippen LogP contribution < -0.4 is 0 Å². The van der Waals surface area contributed by atoms with Gasteiger partial charge in [-0.2, -0.15) is 0 Å². The Morgan fingerprint density at radius 1 is 0.446 bits per heavy atom. The van der Waals surface area contributed by atoms with Gasteiger partial charge in [-0.25, -0.2) is 9.59 Å². The van der Waals surface area contributed by atoms with E-state index in [1.807, 2.05) is 153 Å². The van der Waals surface area contributed by atoms with Crippen LogP contribution in [0.25, 0.3) is 0 Å². The van der Waals surface area contributed by atoms with Crippen LogP contribution in [0.15, 0.2) is 211 Å². The number of hydrogen-bond donors (Lipinski definition) is 1. The first-order valence-electron chi connectivity index (χ1n) is 24.8.